The summed E-state index contributed by atoms with van der Waals surface area (Å²) in [5, 5.41) is 8.74. The van der Waals surface area contributed by atoms with E-state index in [2.05, 4.69) is 0 Å². The van der Waals surface area contributed by atoms with Crippen LogP contribution in [0.5, 0.6) is 0 Å². The summed E-state index contributed by atoms with van der Waals surface area (Å²) in [4.78, 5) is 21.5. The van der Waals surface area contributed by atoms with Crippen molar-refractivity contribution < 1.29 is 32.4 Å². The third kappa shape index (κ3) is 16.6. The standard InChI is InChI=1S/C10H16O4.C3H9NO3S/c1-3-5-8(10(12)13)7-14-9(11)6-4-2;4-2-1-3-8(5,6)7/h4,6,8H,3,5,7H2,1-2H3,(H,12,13);1-4H2,(H,5,6,7). The van der Waals surface area contributed by atoms with Crippen molar-refractivity contribution in [3.05, 3.63) is 12.2 Å². The van der Waals surface area contributed by atoms with Crippen LogP contribution < -0.4 is 5.73 Å². The van der Waals surface area contributed by atoms with Crippen molar-refractivity contribution in [3.63, 3.8) is 0 Å². The molecule has 0 aromatic carbocycles. The predicted molar refractivity (Wildman–Crippen MR) is 81.9 cm³/mol. The molecule has 9 heteroatoms. The van der Waals surface area contributed by atoms with Gasteiger partial charge in [-0.1, -0.05) is 19.4 Å². The van der Waals surface area contributed by atoms with E-state index < -0.39 is 28.0 Å². The van der Waals surface area contributed by atoms with Gasteiger partial charge in [-0.15, -0.1) is 0 Å². The Labute approximate surface area is 131 Å². The van der Waals surface area contributed by atoms with Gasteiger partial charge in [0.25, 0.3) is 10.1 Å². The Hall–Kier alpha value is -1.45. The number of carboxylic acids is 1. The van der Waals surface area contributed by atoms with E-state index in [0.29, 0.717) is 19.4 Å². The van der Waals surface area contributed by atoms with Gasteiger partial charge in [0.2, 0.25) is 0 Å². The highest BCUT2D eigenvalue weighted by atomic mass is 32.2. The number of allylic oxidation sites excluding steroid dienone is 1. The van der Waals surface area contributed by atoms with Gasteiger partial charge in [0.05, 0.1) is 11.7 Å². The minimum atomic E-state index is -3.77. The second-order valence-electron chi connectivity index (χ2n) is 4.38. The number of carbonyl (C=O) groups is 2. The number of hydrogen-bond acceptors (Lipinski definition) is 6. The highest BCUT2D eigenvalue weighted by molar-refractivity contribution is 7.85. The van der Waals surface area contributed by atoms with Crippen molar-refractivity contribution in [2.45, 2.75) is 33.1 Å². The number of carboxylic acid groups (broad SMARTS) is 1. The van der Waals surface area contributed by atoms with Gasteiger partial charge in [-0.2, -0.15) is 8.42 Å². The smallest absolute Gasteiger partial charge is 0.330 e. The van der Waals surface area contributed by atoms with Crippen LogP contribution in [0.3, 0.4) is 0 Å². The molecular formula is C13H25NO7S. The predicted octanol–water partition coefficient (Wildman–Crippen LogP) is 0.830. The molecule has 0 saturated heterocycles. The van der Waals surface area contributed by atoms with Crippen LogP contribution >= 0.6 is 0 Å². The Kier molecular flexibility index (Phi) is 13.7. The lowest BCUT2D eigenvalue weighted by atomic mass is 10.1. The topological polar surface area (TPSA) is 144 Å². The normalized spacial score (nSPS) is 12.4. The molecule has 0 aromatic rings. The molecule has 130 valence electrons. The summed E-state index contributed by atoms with van der Waals surface area (Å²) in [7, 11) is -3.77. The minimum absolute atomic E-state index is 0.0493. The van der Waals surface area contributed by atoms with Crippen molar-refractivity contribution in [3.8, 4) is 0 Å². The summed E-state index contributed by atoms with van der Waals surface area (Å²) in [5.41, 5.74) is 4.96. The third-order valence-electron chi connectivity index (χ3n) is 2.32. The van der Waals surface area contributed by atoms with E-state index in [0.717, 1.165) is 6.42 Å². The highest BCUT2D eigenvalue weighted by Gasteiger charge is 2.17. The average Bonchev–Trinajstić information content (AvgIpc) is 2.41. The summed E-state index contributed by atoms with van der Waals surface area (Å²) < 4.78 is 32.6. The van der Waals surface area contributed by atoms with Crippen molar-refractivity contribution in [2.75, 3.05) is 18.9 Å². The molecule has 0 spiro atoms. The number of esters is 1. The number of rotatable bonds is 9. The van der Waals surface area contributed by atoms with Crippen LogP contribution in [0.2, 0.25) is 0 Å². The van der Waals surface area contributed by atoms with E-state index in [1.54, 1.807) is 13.0 Å². The van der Waals surface area contributed by atoms with E-state index in [1.807, 2.05) is 6.92 Å². The quantitative estimate of drug-likeness (QED) is 0.318. The van der Waals surface area contributed by atoms with Crippen molar-refractivity contribution in [1.82, 2.24) is 0 Å². The Morgan fingerprint density at radius 2 is 1.95 bits per heavy atom. The largest absolute Gasteiger partial charge is 0.481 e. The molecule has 22 heavy (non-hydrogen) atoms. The Bertz CT molecular complexity index is 445. The lowest BCUT2D eigenvalue weighted by Crippen LogP contribution is -2.21. The average molecular weight is 339 g/mol. The molecule has 0 aliphatic carbocycles. The SMILES string of the molecule is CC=CC(=O)OCC(CCC)C(=O)O.NCCCS(=O)(=O)O. The first-order valence-electron chi connectivity index (χ1n) is 6.85. The van der Waals surface area contributed by atoms with Crippen LogP contribution in [0, 0.1) is 5.92 Å². The minimum Gasteiger partial charge on any atom is -0.481 e. The van der Waals surface area contributed by atoms with Crippen LogP contribution in [0.25, 0.3) is 0 Å². The van der Waals surface area contributed by atoms with E-state index in [9.17, 15) is 18.0 Å². The molecule has 0 aromatic heterocycles. The van der Waals surface area contributed by atoms with Gasteiger partial charge in [-0.05, 0) is 26.3 Å². The zero-order valence-electron chi connectivity index (χ0n) is 12.9. The Morgan fingerprint density at radius 3 is 2.27 bits per heavy atom. The van der Waals surface area contributed by atoms with E-state index in [4.69, 9.17) is 20.1 Å². The summed E-state index contributed by atoms with van der Waals surface area (Å²) in [6.07, 6.45) is 4.43. The molecule has 8 nitrogen and oxygen atoms in total. The lowest BCUT2D eigenvalue weighted by molar-refractivity contribution is -0.148. The van der Waals surface area contributed by atoms with Crippen LogP contribution in [-0.4, -0.2) is 48.9 Å². The second-order valence-corrected chi connectivity index (χ2v) is 5.95. The number of carbonyl (C=O) groups excluding carboxylic acids is 1. The fraction of sp³-hybridized carbons (Fsp3) is 0.692. The van der Waals surface area contributed by atoms with Gasteiger partial charge in [-0.25, -0.2) is 4.79 Å². The number of ether oxygens (including phenoxy) is 1. The van der Waals surface area contributed by atoms with Crippen LogP contribution in [0.15, 0.2) is 12.2 Å². The molecule has 0 bridgehead atoms. The Morgan fingerprint density at radius 1 is 1.36 bits per heavy atom. The van der Waals surface area contributed by atoms with Gasteiger partial charge in [0, 0.05) is 6.08 Å². The molecule has 0 rings (SSSR count). The molecule has 0 radical (unpaired) electrons. The molecule has 4 N–H and O–H groups in total. The molecule has 0 fully saturated rings. The highest BCUT2D eigenvalue weighted by Crippen LogP contribution is 2.07. The summed E-state index contributed by atoms with van der Waals surface area (Å²) in [6, 6.07) is 0. The summed E-state index contributed by atoms with van der Waals surface area (Å²) in [5.74, 6) is -2.23. The molecule has 1 unspecified atom stereocenters. The molecule has 0 amide bonds. The van der Waals surface area contributed by atoms with Gasteiger partial charge < -0.3 is 15.6 Å². The molecule has 0 heterocycles. The first-order valence-corrected chi connectivity index (χ1v) is 8.46. The van der Waals surface area contributed by atoms with Crippen molar-refractivity contribution in [1.29, 1.82) is 0 Å². The summed E-state index contributed by atoms with van der Waals surface area (Å²) in [6.45, 7) is 3.83. The molecule has 0 aliphatic rings. The van der Waals surface area contributed by atoms with E-state index >= 15 is 0 Å². The van der Waals surface area contributed by atoms with Gasteiger partial charge in [0.1, 0.15) is 6.61 Å². The van der Waals surface area contributed by atoms with E-state index in [-0.39, 0.29) is 12.4 Å². The number of aliphatic carboxylic acids is 1. The zero-order chi connectivity index (χ0) is 17.6. The first kappa shape index (κ1) is 22.8. The van der Waals surface area contributed by atoms with E-state index in [1.165, 1.54) is 6.08 Å². The number of nitrogens with two attached hydrogens (primary N) is 1. The Balaban J connectivity index is 0. The van der Waals surface area contributed by atoms with Crippen LogP contribution in [0.4, 0.5) is 0 Å². The lowest BCUT2D eigenvalue weighted by Gasteiger charge is -2.10. The fourth-order valence-corrected chi connectivity index (χ4v) is 1.79. The zero-order valence-corrected chi connectivity index (χ0v) is 13.7. The van der Waals surface area contributed by atoms with Gasteiger partial charge >= 0.3 is 11.9 Å². The maximum atomic E-state index is 10.9. The fourth-order valence-electron chi connectivity index (χ4n) is 1.26. The van der Waals surface area contributed by atoms with Gasteiger partial charge in [-0.3, -0.25) is 9.35 Å². The molecule has 0 aliphatic heterocycles. The van der Waals surface area contributed by atoms with Gasteiger partial charge in [0.15, 0.2) is 0 Å². The number of hydrogen-bond donors (Lipinski definition) is 3. The first-order chi connectivity index (χ1) is 10.2. The third-order valence-corrected chi connectivity index (χ3v) is 3.13. The molecular weight excluding hydrogens is 314 g/mol. The van der Waals surface area contributed by atoms with Crippen LogP contribution in [-0.2, 0) is 24.4 Å². The second kappa shape index (κ2) is 13.2. The molecule has 0 saturated carbocycles. The summed E-state index contributed by atoms with van der Waals surface area (Å²) >= 11 is 0. The van der Waals surface area contributed by atoms with Crippen molar-refractivity contribution >= 4 is 22.1 Å². The van der Waals surface area contributed by atoms with Crippen LogP contribution in [0.1, 0.15) is 33.1 Å². The maximum absolute atomic E-state index is 10.9. The molecule has 1 atom stereocenters. The maximum Gasteiger partial charge on any atom is 0.330 e. The van der Waals surface area contributed by atoms with Crippen molar-refractivity contribution in [2.24, 2.45) is 11.7 Å². The monoisotopic (exact) mass is 339 g/mol.